The molecule has 1 amide bonds. The molecule has 0 spiro atoms. The van der Waals surface area contributed by atoms with E-state index < -0.39 is 0 Å². The van der Waals surface area contributed by atoms with Crippen molar-refractivity contribution >= 4 is 40.4 Å². The highest BCUT2D eigenvalue weighted by molar-refractivity contribution is 7.20. The van der Waals surface area contributed by atoms with Crippen LogP contribution < -0.4 is 19.5 Å². The van der Waals surface area contributed by atoms with E-state index >= 15 is 0 Å². The van der Waals surface area contributed by atoms with Gasteiger partial charge in [-0.25, -0.2) is 0 Å². The van der Waals surface area contributed by atoms with Crippen LogP contribution >= 0.6 is 34.5 Å². The molecule has 0 saturated heterocycles. The van der Waals surface area contributed by atoms with Crippen LogP contribution in [0.25, 0.3) is 0 Å². The smallest absolute Gasteiger partial charge is 0.253 e. The number of nitrogens with one attached hydrogen (secondary N) is 1. The standard InChI is InChI=1S/C15H15Cl2NO4S/c1-20-10-4-8(5-11(21-2)13(10)22-3)7-18-15(19)9-6-12(16)23-14(9)17/h4-6H,7H2,1-3H3,(H,18,19). The fourth-order valence-corrected chi connectivity index (χ4v) is 3.47. The first-order chi connectivity index (χ1) is 11.0. The number of benzene rings is 1. The molecule has 0 radical (unpaired) electrons. The summed E-state index contributed by atoms with van der Waals surface area (Å²) in [6, 6.07) is 5.08. The second-order valence-electron chi connectivity index (χ2n) is 4.45. The van der Waals surface area contributed by atoms with E-state index in [2.05, 4.69) is 5.32 Å². The van der Waals surface area contributed by atoms with Gasteiger partial charge in [0.15, 0.2) is 11.5 Å². The Balaban J connectivity index is 2.17. The van der Waals surface area contributed by atoms with Crippen LogP contribution in [0, 0.1) is 0 Å². The molecule has 2 rings (SSSR count). The summed E-state index contributed by atoms with van der Waals surface area (Å²) in [6.07, 6.45) is 0. The van der Waals surface area contributed by atoms with Crippen LogP contribution in [0.3, 0.4) is 0 Å². The molecule has 8 heteroatoms. The van der Waals surface area contributed by atoms with E-state index in [1.165, 1.54) is 21.3 Å². The van der Waals surface area contributed by atoms with Crippen molar-refractivity contribution in [2.24, 2.45) is 0 Å². The van der Waals surface area contributed by atoms with Crippen LogP contribution in [-0.2, 0) is 6.54 Å². The first kappa shape index (κ1) is 17.7. The number of rotatable bonds is 6. The van der Waals surface area contributed by atoms with Crippen LogP contribution in [0.4, 0.5) is 0 Å². The Kier molecular flexibility index (Phi) is 5.98. The summed E-state index contributed by atoms with van der Waals surface area (Å²) < 4.78 is 16.6. The summed E-state index contributed by atoms with van der Waals surface area (Å²) >= 11 is 13.0. The third-order valence-corrected chi connectivity index (χ3v) is 4.57. The average Bonchev–Trinajstić information content (AvgIpc) is 2.89. The molecule has 0 aliphatic carbocycles. The molecule has 5 nitrogen and oxygen atoms in total. The Bertz CT molecular complexity index is 692. The van der Waals surface area contributed by atoms with Gasteiger partial charge in [-0.15, -0.1) is 11.3 Å². The molecule has 1 N–H and O–H groups in total. The number of methoxy groups -OCH3 is 3. The third kappa shape index (κ3) is 4.02. The van der Waals surface area contributed by atoms with E-state index in [0.717, 1.165) is 16.9 Å². The molecule has 2 aromatic rings. The lowest BCUT2D eigenvalue weighted by Gasteiger charge is -2.14. The highest BCUT2D eigenvalue weighted by atomic mass is 35.5. The van der Waals surface area contributed by atoms with Gasteiger partial charge in [0.05, 0.1) is 31.2 Å². The number of thiophene rings is 1. The molecule has 124 valence electrons. The van der Waals surface area contributed by atoms with Gasteiger partial charge in [-0.05, 0) is 23.8 Å². The molecule has 0 aliphatic rings. The van der Waals surface area contributed by atoms with Crippen LogP contribution in [0.15, 0.2) is 18.2 Å². The van der Waals surface area contributed by atoms with Crippen molar-refractivity contribution in [1.82, 2.24) is 5.32 Å². The summed E-state index contributed by atoms with van der Waals surface area (Å²) in [5.74, 6) is 1.24. The minimum atomic E-state index is -0.299. The van der Waals surface area contributed by atoms with Crippen LogP contribution in [-0.4, -0.2) is 27.2 Å². The van der Waals surface area contributed by atoms with E-state index in [1.54, 1.807) is 18.2 Å². The van der Waals surface area contributed by atoms with Gasteiger partial charge in [0.1, 0.15) is 4.34 Å². The summed E-state index contributed by atoms with van der Waals surface area (Å²) in [6.45, 7) is 0.277. The number of ether oxygens (including phenoxy) is 3. The Hall–Kier alpha value is -1.63. The predicted molar refractivity (Wildman–Crippen MR) is 91.6 cm³/mol. The molecule has 1 heterocycles. The monoisotopic (exact) mass is 375 g/mol. The van der Waals surface area contributed by atoms with E-state index in [9.17, 15) is 4.79 Å². The second kappa shape index (κ2) is 7.77. The van der Waals surface area contributed by atoms with Gasteiger partial charge in [-0.3, -0.25) is 4.79 Å². The lowest BCUT2D eigenvalue weighted by Crippen LogP contribution is -2.22. The van der Waals surface area contributed by atoms with Gasteiger partial charge in [0.25, 0.3) is 5.91 Å². The maximum absolute atomic E-state index is 12.1. The zero-order valence-electron chi connectivity index (χ0n) is 12.7. The van der Waals surface area contributed by atoms with Gasteiger partial charge in [-0.2, -0.15) is 0 Å². The summed E-state index contributed by atoms with van der Waals surface area (Å²) in [5.41, 5.74) is 1.15. The Labute approximate surface area is 148 Å². The van der Waals surface area contributed by atoms with Crippen molar-refractivity contribution in [2.45, 2.75) is 6.54 Å². The van der Waals surface area contributed by atoms with Gasteiger partial charge in [0.2, 0.25) is 5.75 Å². The van der Waals surface area contributed by atoms with Crippen molar-refractivity contribution in [3.05, 3.63) is 38.0 Å². The van der Waals surface area contributed by atoms with E-state index in [1.807, 2.05) is 0 Å². The van der Waals surface area contributed by atoms with E-state index in [0.29, 0.717) is 31.5 Å². The van der Waals surface area contributed by atoms with Crippen molar-refractivity contribution in [2.75, 3.05) is 21.3 Å². The number of carbonyl (C=O) groups is 1. The number of amides is 1. The quantitative estimate of drug-likeness (QED) is 0.828. The van der Waals surface area contributed by atoms with Crippen LogP contribution in [0.5, 0.6) is 17.2 Å². The maximum Gasteiger partial charge on any atom is 0.253 e. The lowest BCUT2D eigenvalue weighted by molar-refractivity contribution is 0.0951. The molecule has 0 aliphatic heterocycles. The number of hydrogen-bond acceptors (Lipinski definition) is 5. The molecule has 0 saturated carbocycles. The Morgan fingerprint density at radius 3 is 2.13 bits per heavy atom. The molecule has 0 fully saturated rings. The largest absolute Gasteiger partial charge is 0.493 e. The zero-order valence-corrected chi connectivity index (χ0v) is 15.1. The molecule has 0 bridgehead atoms. The first-order valence-corrected chi connectivity index (χ1v) is 8.09. The van der Waals surface area contributed by atoms with Crippen molar-refractivity contribution in [3.8, 4) is 17.2 Å². The lowest BCUT2D eigenvalue weighted by atomic mass is 10.1. The van der Waals surface area contributed by atoms with Gasteiger partial charge in [0, 0.05) is 6.54 Å². The van der Waals surface area contributed by atoms with Crippen molar-refractivity contribution in [3.63, 3.8) is 0 Å². The average molecular weight is 376 g/mol. The van der Waals surface area contributed by atoms with E-state index in [4.69, 9.17) is 37.4 Å². The number of carbonyl (C=O) groups excluding carboxylic acids is 1. The fraction of sp³-hybridized carbons (Fsp3) is 0.267. The zero-order chi connectivity index (χ0) is 17.0. The molecule has 1 aromatic heterocycles. The highest BCUT2D eigenvalue weighted by Crippen LogP contribution is 2.38. The van der Waals surface area contributed by atoms with Crippen molar-refractivity contribution < 1.29 is 19.0 Å². The number of halogens is 2. The molecule has 0 atom stereocenters. The molecule has 1 aromatic carbocycles. The summed E-state index contributed by atoms with van der Waals surface area (Å²) in [7, 11) is 4.60. The van der Waals surface area contributed by atoms with Crippen LogP contribution in [0.1, 0.15) is 15.9 Å². The maximum atomic E-state index is 12.1. The van der Waals surface area contributed by atoms with Crippen molar-refractivity contribution in [1.29, 1.82) is 0 Å². The highest BCUT2D eigenvalue weighted by Gasteiger charge is 2.16. The van der Waals surface area contributed by atoms with Crippen LogP contribution in [0.2, 0.25) is 8.67 Å². The first-order valence-electron chi connectivity index (χ1n) is 6.52. The minimum Gasteiger partial charge on any atom is -0.493 e. The van der Waals surface area contributed by atoms with Gasteiger partial charge < -0.3 is 19.5 Å². The van der Waals surface area contributed by atoms with Gasteiger partial charge in [-0.1, -0.05) is 23.2 Å². The Morgan fingerprint density at radius 1 is 1.09 bits per heavy atom. The fourth-order valence-electron chi connectivity index (χ4n) is 2.01. The van der Waals surface area contributed by atoms with E-state index in [-0.39, 0.29) is 12.5 Å². The summed E-state index contributed by atoms with van der Waals surface area (Å²) in [4.78, 5) is 12.1. The Morgan fingerprint density at radius 2 is 1.70 bits per heavy atom. The molecule has 23 heavy (non-hydrogen) atoms. The summed E-state index contributed by atoms with van der Waals surface area (Å²) in [5, 5.41) is 2.78. The second-order valence-corrected chi connectivity index (χ2v) is 6.74. The SMILES string of the molecule is COc1cc(CNC(=O)c2cc(Cl)sc2Cl)cc(OC)c1OC. The number of hydrogen-bond donors (Lipinski definition) is 1. The topological polar surface area (TPSA) is 56.8 Å². The molecular formula is C15H15Cl2NO4S. The molecular weight excluding hydrogens is 361 g/mol. The normalized spacial score (nSPS) is 10.3. The third-order valence-electron chi connectivity index (χ3n) is 3.08. The predicted octanol–water partition coefficient (Wildman–Crippen LogP) is 4.01. The minimum absolute atomic E-state index is 0.277. The molecule has 0 unspecified atom stereocenters. The van der Waals surface area contributed by atoms with Gasteiger partial charge >= 0.3 is 0 Å².